The molecule has 30 heavy (non-hydrogen) atoms. The highest BCUT2D eigenvalue weighted by molar-refractivity contribution is 6.01. The van der Waals surface area contributed by atoms with Crippen LogP contribution in [0.1, 0.15) is 13.3 Å². The van der Waals surface area contributed by atoms with Crippen LogP contribution in [0.25, 0.3) is 0 Å². The number of methoxy groups -OCH3 is 1. The Labute approximate surface area is 171 Å². The number of nitrogens with zero attached hydrogens (tertiary/aromatic N) is 1. The van der Waals surface area contributed by atoms with Crippen LogP contribution in [0.4, 0.5) is 20.2 Å². The smallest absolute Gasteiger partial charge is 0.312 e. The van der Waals surface area contributed by atoms with Gasteiger partial charge in [0.15, 0.2) is 17.7 Å². The molecule has 2 amide bonds. The van der Waals surface area contributed by atoms with Gasteiger partial charge >= 0.3 is 5.97 Å². The fourth-order valence-electron chi connectivity index (χ4n) is 3.09. The van der Waals surface area contributed by atoms with Crippen LogP contribution in [0.15, 0.2) is 42.5 Å². The molecular weight excluding hydrogens is 398 g/mol. The summed E-state index contributed by atoms with van der Waals surface area (Å²) in [6, 6.07) is 9.82. The molecular formula is C21H20F2N2O5. The van der Waals surface area contributed by atoms with Gasteiger partial charge in [-0.1, -0.05) is 12.1 Å². The monoisotopic (exact) mass is 418 g/mol. The molecule has 1 N–H and O–H groups in total. The molecule has 0 aliphatic carbocycles. The van der Waals surface area contributed by atoms with E-state index < -0.39 is 35.5 Å². The number of benzene rings is 2. The third kappa shape index (κ3) is 4.56. The summed E-state index contributed by atoms with van der Waals surface area (Å²) < 4.78 is 36.7. The Hall–Kier alpha value is -3.49. The second kappa shape index (κ2) is 8.89. The van der Waals surface area contributed by atoms with Gasteiger partial charge in [0.1, 0.15) is 5.75 Å². The highest BCUT2D eigenvalue weighted by Crippen LogP contribution is 2.33. The Bertz CT molecular complexity index is 982. The van der Waals surface area contributed by atoms with Crippen molar-refractivity contribution in [3.05, 3.63) is 54.1 Å². The van der Waals surface area contributed by atoms with Crippen LogP contribution in [0, 0.1) is 17.6 Å². The van der Waals surface area contributed by atoms with Gasteiger partial charge in [-0.15, -0.1) is 0 Å². The molecule has 1 heterocycles. The van der Waals surface area contributed by atoms with Crippen molar-refractivity contribution in [1.29, 1.82) is 0 Å². The molecule has 9 heteroatoms. The van der Waals surface area contributed by atoms with Crippen molar-refractivity contribution in [3.8, 4) is 5.75 Å². The molecule has 1 aliphatic heterocycles. The minimum absolute atomic E-state index is 0.0280. The summed E-state index contributed by atoms with van der Waals surface area (Å²) in [6.45, 7) is 1.44. The summed E-state index contributed by atoms with van der Waals surface area (Å²) in [7, 11) is 1.48. The lowest BCUT2D eigenvalue weighted by molar-refractivity contribution is -0.157. The Morgan fingerprint density at radius 3 is 2.60 bits per heavy atom. The van der Waals surface area contributed by atoms with Gasteiger partial charge < -0.3 is 19.7 Å². The number of ether oxygens (including phenoxy) is 2. The van der Waals surface area contributed by atoms with Crippen molar-refractivity contribution < 1.29 is 32.6 Å². The van der Waals surface area contributed by atoms with Crippen molar-refractivity contribution in [2.75, 3.05) is 23.9 Å². The van der Waals surface area contributed by atoms with Gasteiger partial charge in [0.25, 0.3) is 5.91 Å². The van der Waals surface area contributed by atoms with E-state index in [1.807, 2.05) is 0 Å². The second-order valence-electron chi connectivity index (χ2n) is 6.77. The highest BCUT2D eigenvalue weighted by Gasteiger charge is 2.38. The lowest BCUT2D eigenvalue weighted by Gasteiger charge is -2.20. The number of hydrogen-bond donors (Lipinski definition) is 1. The van der Waals surface area contributed by atoms with E-state index in [0.29, 0.717) is 11.4 Å². The van der Waals surface area contributed by atoms with Crippen LogP contribution in [-0.2, 0) is 19.1 Å². The number of rotatable bonds is 6. The molecule has 0 bridgehead atoms. The number of amides is 2. The summed E-state index contributed by atoms with van der Waals surface area (Å²) in [5.74, 6) is -4.08. The molecule has 2 aromatic rings. The number of anilines is 2. The molecule has 3 rings (SSSR count). The summed E-state index contributed by atoms with van der Waals surface area (Å²) in [6.07, 6.45) is -1.25. The number of para-hydroxylation sites is 2. The SMILES string of the molecule is COc1ccccc1N1C[C@@H](C(=O)O[C@H](C)C(=O)Nc2ccc(F)c(F)c2)CC1=O. The molecule has 1 saturated heterocycles. The minimum Gasteiger partial charge on any atom is -0.495 e. The van der Waals surface area contributed by atoms with Gasteiger partial charge in [0.05, 0.1) is 18.7 Å². The third-order valence-corrected chi connectivity index (χ3v) is 4.68. The van der Waals surface area contributed by atoms with Crippen molar-refractivity contribution >= 4 is 29.2 Å². The Kier molecular flexibility index (Phi) is 6.29. The van der Waals surface area contributed by atoms with Crippen molar-refractivity contribution in [2.24, 2.45) is 5.92 Å². The first-order valence-corrected chi connectivity index (χ1v) is 9.20. The quantitative estimate of drug-likeness (QED) is 0.730. The zero-order valence-corrected chi connectivity index (χ0v) is 16.4. The maximum absolute atomic E-state index is 13.3. The van der Waals surface area contributed by atoms with Crippen molar-refractivity contribution in [2.45, 2.75) is 19.4 Å². The first-order chi connectivity index (χ1) is 14.3. The molecule has 2 atom stereocenters. The minimum atomic E-state index is -1.19. The Morgan fingerprint density at radius 1 is 1.17 bits per heavy atom. The molecule has 7 nitrogen and oxygen atoms in total. The zero-order valence-electron chi connectivity index (χ0n) is 16.4. The number of hydrogen-bond acceptors (Lipinski definition) is 5. The van der Waals surface area contributed by atoms with E-state index in [4.69, 9.17) is 9.47 Å². The number of carbonyl (C=O) groups excluding carboxylic acids is 3. The maximum atomic E-state index is 13.3. The Morgan fingerprint density at radius 2 is 1.90 bits per heavy atom. The Balaban J connectivity index is 1.60. The first kappa shape index (κ1) is 21.2. The largest absolute Gasteiger partial charge is 0.495 e. The van der Waals surface area contributed by atoms with E-state index in [-0.39, 0.29) is 24.6 Å². The van der Waals surface area contributed by atoms with Crippen LogP contribution < -0.4 is 15.0 Å². The van der Waals surface area contributed by atoms with Crippen LogP contribution >= 0.6 is 0 Å². The van der Waals surface area contributed by atoms with Gasteiger partial charge in [0, 0.05) is 24.7 Å². The summed E-state index contributed by atoms with van der Waals surface area (Å²) in [4.78, 5) is 38.5. The summed E-state index contributed by atoms with van der Waals surface area (Å²) in [5, 5.41) is 2.35. The van der Waals surface area contributed by atoms with E-state index in [2.05, 4.69) is 5.32 Å². The standard InChI is InChI=1S/C21H20F2N2O5/c1-12(20(27)24-14-7-8-15(22)16(23)10-14)30-21(28)13-9-19(26)25(11-13)17-5-3-4-6-18(17)29-2/h3-8,10,12-13H,9,11H2,1-2H3,(H,24,27)/t12-,13+/m1/s1. The molecule has 0 aromatic heterocycles. The molecule has 0 radical (unpaired) electrons. The number of halogens is 2. The molecule has 1 aliphatic rings. The maximum Gasteiger partial charge on any atom is 0.312 e. The van der Waals surface area contributed by atoms with E-state index in [1.54, 1.807) is 24.3 Å². The van der Waals surface area contributed by atoms with Crippen LogP contribution in [0.3, 0.4) is 0 Å². The van der Waals surface area contributed by atoms with Gasteiger partial charge in [-0.2, -0.15) is 0 Å². The topological polar surface area (TPSA) is 84.9 Å². The normalized spacial score (nSPS) is 16.9. The first-order valence-electron chi connectivity index (χ1n) is 9.20. The van der Waals surface area contributed by atoms with E-state index in [0.717, 1.165) is 12.1 Å². The average molecular weight is 418 g/mol. The summed E-state index contributed by atoms with van der Waals surface area (Å²) in [5.41, 5.74) is 0.574. The lowest BCUT2D eigenvalue weighted by atomic mass is 10.1. The van der Waals surface area contributed by atoms with Gasteiger partial charge in [-0.25, -0.2) is 8.78 Å². The number of nitrogens with one attached hydrogen (secondary N) is 1. The average Bonchev–Trinajstić information content (AvgIpc) is 3.12. The fourth-order valence-corrected chi connectivity index (χ4v) is 3.09. The van der Waals surface area contributed by atoms with Gasteiger partial charge in [-0.3, -0.25) is 14.4 Å². The second-order valence-corrected chi connectivity index (χ2v) is 6.77. The van der Waals surface area contributed by atoms with Crippen LogP contribution in [0.2, 0.25) is 0 Å². The third-order valence-electron chi connectivity index (χ3n) is 4.68. The van der Waals surface area contributed by atoms with Crippen LogP contribution in [0.5, 0.6) is 5.75 Å². The number of esters is 1. The molecule has 2 aromatic carbocycles. The predicted molar refractivity (Wildman–Crippen MR) is 104 cm³/mol. The van der Waals surface area contributed by atoms with E-state index in [1.165, 1.54) is 25.0 Å². The number of carbonyl (C=O) groups is 3. The summed E-state index contributed by atoms with van der Waals surface area (Å²) >= 11 is 0. The fraction of sp³-hybridized carbons (Fsp3) is 0.286. The van der Waals surface area contributed by atoms with Gasteiger partial charge in [0.2, 0.25) is 5.91 Å². The van der Waals surface area contributed by atoms with Crippen molar-refractivity contribution in [1.82, 2.24) is 0 Å². The molecule has 158 valence electrons. The highest BCUT2D eigenvalue weighted by atomic mass is 19.2. The lowest BCUT2D eigenvalue weighted by Crippen LogP contribution is -2.33. The van der Waals surface area contributed by atoms with E-state index >= 15 is 0 Å². The predicted octanol–water partition coefficient (Wildman–Crippen LogP) is 2.90. The molecule has 0 spiro atoms. The van der Waals surface area contributed by atoms with E-state index in [9.17, 15) is 23.2 Å². The van der Waals surface area contributed by atoms with Crippen LogP contribution in [-0.4, -0.2) is 37.5 Å². The van der Waals surface area contributed by atoms with Gasteiger partial charge in [-0.05, 0) is 31.2 Å². The molecule has 0 saturated carbocycles. The molecule has 0 unspecified atom stereocenters. The van der Waals surface area contributed by atoms with Crippen molar-refractivity contribution in [3.63, 3.8) is 0 Å². The molecule has 1 fully saturated rings. The zero-order chi connectivity index (χ0) is 21.8.